The van der Waals surface area contributed by atoms with E-state index in [9.17, 15) is 17.6 Å². The van der Waals surface area contributed by atoms with Crippen molar-refractivity contribution < 1.29 is 17.6 Å². The van der Waals surface area contributed by atoms with Crippen LogP contribution in [-0.2, 0) is 16.6 Å². The molecule has 0 aliphatic rings. The van der Waals surface area contributed by atoms with Crippen LogP contribution < -0.4 is 9.62 Å². The number of aromatic nitrogens is 2. The summed E-state index contributed by atoms with van der Waals surface area (Å²) in [6.07, 6.45) is 3.27. The zero-order chi connectivity index (χ0) is 25.2. The zero-order valence-electron chi connectivity index (χ0n) is 19.6. The van der Waals surface area contributed by atoms with Crippen LogP contribution >= 0.6 is 0 Å². The highest BCUT2D eigenvalue weighted by Crippen LogP contribution is 2.23. The number of sulfonamides is 1. The number of rotatable bonds is 7. The van der Waals surface area contributed by atoms with Crippen LogP contribution in [-0.4, -0.2) is 30.9 Å². The topological polar surface area (TPSA) is 84.3 Å². The molecule has 3 aromatic carbocycles. The molecule has 180 valence electrons. The summed E-state index contributed by atoms with van der Waals surface area (Å²) in [4.78, 5) is 16.8. The number of imidazole rings is 1. The Hall–Kier alpha value is -3.98. The van der Waals surface area contributed by atoms with Gasteiger partial charge in [-0.15, -0.1) is 0 Å². The lowest BCUT2D eigenvalue weighted by molar-refractivity contribution is 0.0950. The molecule has 1 heterocycles. The Morgan fingerprint density at radius 3 is 2.46 bits per heavy atom. The minimum Gasteiger partial charge on any atom is -0.348 e. The maximum absolute atomic E-state index is 14.6. The molecule has 4 rings (SSSR count). The molecule has 1 amide bonds. The van der Waals surface area contributed by atoms with Gasteiger partial charge in [-0.25, -0.2) is 17.8 Å². The van der Waals surface area contributed by atoms with Crippen LogP contribution in [0.15, 0.2) is 84.0 Å². The van der Waals surface area contributed by atoms with E-state index in [2.05, 4.69) is 10.3 Å². The maximum atomic E-state index is 14.6. The Morgan fingerprint density at radius 1 is 1.06 bits per heavy atom. The number of hydrogen-bond donors (Lipinski definition) is 1. The minimum absolute atomic E-state index is 0.000626. The third-order valence-corrected chi connectivity index (χ3v) is 7.48. The quantitative estimate of drug-likeness (QED) is 0.415. The van der Waals surface area contributed by atoms with Crippen LogP contribution in [0.3, 0.4) is 0 Å². The summed E-state index contributed by atoms with van der Waals surface area (Å²) in [5.74, 6) is -0.243. The summed E-state index contributed by atoms with van der Waals surface area (Å²) in [6.45, 7) is 3.78. The zero-order valence-corrected chi connectivity index (χ0v) is 20.4. The molecule has 9 heteroatoms. The minimum atomic E-state index is -3.87. The van der Waals surface area contributed by atoms with Gasteiger partial charge in [0.15, 0.2) is 0 Å². The molecule has 1 aromatic heterocycles. The maximum Gasteiger partial charge on any atom is 0.264 e. The van der Waals surface area contributed by atoms with Gasteiger partial charge in [-0.1, -0.05) is 29.8 Å². The van der Waals surface area contributed by atoms with Crippen molar-refractivity contribution in [3.8, 4) is 5.69 Å². The molecule has 35 heavy (non-hydrogen) atoms. The van der Waals surface area contributed by atoms with Crippen molar-refractivity contribution in [3.63, 3.8) is 0 Å². The van der Waals surface area contributed by atoms with Gasteiger partial charge in [-0.05, 0) is 61.9 Å². The van der Waals surface area contributed by atoms with Crippen molar-refractivity contribution in [2.45, 2.75) is 25.3 Å². The fourth-order valence-corrected chi connectivity index (χ4v) is 4.86. The Kier molecular flexibility index (Phi) is 6.70. The molecule has 0 bridgehead atoms. The number of nitrogens with one attached hydrogen (secondary N) is 1. The van der Waals surface area contributed by atoms with Crippen LogP contribution in [0.4, 0.5) is 10.1 Å². The van der Waals surface area contributed by atoms with Gasteiger partial charge in [0.05, 0.1) is 16.3 Å². The predicted octanol–water partition coefficient (Wildman–Crippen LogP) is 4.38. The Balaban J connectivity index is 1.48. The summed E-state index contributed by atoms with van der Waals surface area (Å²) in [6, 6.07) is 17.6. The Morgan fingerprint density at radius 2 is 1.80 bits per heavy atom. The second-order valence-corrected chi connectivity index (χ2v) is 10.1. The van der Waals surface area contributed by atoms with Gasteiger partial charge in [0, 0.05) is 31.5 Å². The summed E-state index contributed by atoms with van der Waals surface area (Å²) in [7, 11) is -2.40. The van der Waals surface area contributed by atoms with Gasteiger partial charge < -0.3 is 9.88 Å². The van der Waals surface area contributed by atoms with Gasteiger partial charge in [-0.2, -0.15) is 0 Å². The molecule has 7 nitrogen and oxygen atoms in total. The number of carbonyl (C=O) groups excluding carboxylic acids is 1. The molecule has 0 spiro atoms. The predicted molar refractivity (Wildman–Crippen MR) is 133 cm³/mol. The van der Waals surface area contributed by atoms with Crippen molar-refractivity contribution in [1.29, 1.82) is 0 Å². The van der Waals surface area contributed by atoms with Crippen molar-refractivity contribution in [2.24, 2.45) is 0 Å². The molecule has 0 atom stereocenters. The molecule has 0 saturated heterocycles. The molecular weight excluding hydrogens is 467 g/mol. The van der Waals surface area contributed by atoms with E-state index >= 15 is 0 Å². The summed E-state index contributed by atoms with van der Waals surface area (Å²) < 4.78 is 43.7. The lowest BCUT2D eigenvalue weighted by Crippen LogP contribution is -2.27. The number of hydrogen-bond acceptors (Lipinski definition) is 4. The molecule has 0 aliphatic heterocycles. The highest BCUT2D eigenvalue weighted by Gasteiger charge is 2.22. The highest BCUT2D eigenvalue weighted by molar-refractivity contribution is 7.92. The molecular formula is C26H25FN4O3S. The smallest absolute Gasteiger partial charge is 0.264 e. The van der Waals surface area contributed by atoms with E-state index in [1.54, 1.807) is 48.1 Å². The molecule has 1 N–H and O–H groups in total. The first kappa shape index (κ1) is 24.2. The monoisotopic (exact) mass is 492 g/mol. The van der Waals surface area contributed by atoms with Gasteiger partial charge >= 0.3 is 0 Å². The molecule has 0 saturated carbocycles. The number of carbonyl (C=O) groups is 1. The van der Waals surface area contributed by atoms with Crippen molar-refractivity contribution in [3.05, 3.63) is 107 Å². The van der Waals surface area contributed by atoms with Crippen LogP contribution in [0.5, 0.6) is 0 Å². The number of aryl methyl sites for hydroxylation is 2. The summed E-state index contributed by atoms with van der Waals surface area (Å²) in [5, 5.41) is 2.72. The molecule has 0 radical (unpaired) electrons. The van der Waals surface area contributed by atoms with E-state index in [4.69, 9.17) is 0 Å². The van der Waals surface area contributed by atoms with Gasteiger partial charge in [0.25, 0.3) is 15.9 Å². The molecule has 0 fully saturated rings. The van der Waals surface area contributed by atoms with Crippen molar-refractivity contribution in [2.75, 3.05) is 11.4 Å². The summed E-state index contributed by atoms with van der Waals surface area (Å²) in [5.41, 5.74) is 2.66. The lowest BCUT2D eigenvalue weighted by Gasteiger charge is -2.20. The number of benzene rings is 3. The largest absolute Gasteiger partial charge is 0.348 e. The van der Waals surface area contributed by atoms with E-state index in [1.165, 1.54) is 41.7 Å². The van der Waals surface area contributed by atoms with E-state index in [0.717, 1.165) is 5.56 Å². The first-order chi connectivity index (χ1) is 16.7. The number of anilines is 1. The normalized spacial score (nSPS) is 11.3. The SMILES string of the molecule is Cc1ccc(N(C)S(=O)(=O)c2cccc(C(=O)NCc3ccc(-n4ccnc4C)c(F)c3)c2)cc1. The lowest BCUT2D eigenvalue weighted by atomic mass is 10.1. The van der Waals surface area contributed by atoms with Crippen LogP contribution in [0.25, 0.3) is 5.69 Å². The standard InChI is InChI=1S/C26H25FN4O3S/c1-18-7-10-22(11-8-18)30(3)35(33,34)23-6-4-5-21(16-23)26(32)29-17-20-9-12-25(24(27)15-20)31-14-13-28-19(31)2/h4-16H,17H2,1-3H3,(H,29,32). The number of nitrogens with zero attached hydrogens (tertiary/aromatic N) is 3. The third-order valence-electron chi connectivity index (χ3n) is 5.70. The van der Waals surface area contributed by atoms with E-state index in [-0.39, 0.29) is 17.0 Å². The third kappa shape index (κ3) is 5.09. The fraction of sp³-hybridized carbons (Fsp3) is 0.154. The van der Waals surface area contributed by atoms with Gasteiger partial charge in [0.2, 0.25) is 0 Å². The first-order valence-electron chi connectivity index (χ1n) is 10.9. The van der Waals surface area contributed by atoms with Gasteiger partial charge in [0.1, 0.15) is 11.6 Å². The average molecular weight is 493 g/mol. The van der Waals surface area contributed by atoms with E-state index in [0.29, 0.717) is 22.8 Å². The second kappa shape index (κ2) is 9.71. The first-order valence-corrected chi connectivity index (χ1v) is 12.3. The van der Waals surface area contributed by atoms with Crippen molar-refractivity contribution >= 4 is 21.6 Å². The highest BCUT2D eigenvalue weighted by atomic mass is 32.2. The molecule has 0 unspecified atom stereocenters. The molecule has 4 aromatic rings. The second-order valence-electron chi connectivity index (χ2n) is 8.15. The van der Waals surface area contributed by atoms with Crippen LogP contribution in [0.1, 0.15) is 27.3 Å². The van der Waals surface area contributed by atoms with Crippen molar-refractivity contribution in [1.82, 2.24) is 14.9 Å². The fourth-order valence-electron chi connectivity index (χ4n) is 3.62. The van der Waals surface area contributed by atoms with Crippen LogP contribution in [0.2, 0.25) is 0 Å². The number of amides is 1. The average Bonchev–Trinajstić information content (AvgIpc) is 3.28. The van der Waals surface area contributed by atoms with E-state index < -0.39 is 21.7 Å². The number of halogens is 1. The Labute approximate surface area is 203 Å². The van der Waals surface area contributed by atoms with E-state index in [1.807, 2.05) is 19.1 Å². The van der Waals surface area contributed by atoms with Crippen LogP contribution in [0, 0.1) is 19.7 Å². The van der Waals surface area contributed by atoms with Gasteiger partial charge in [-0.3, -0.25) is 9.10 Å². The Bertz CT molecular complexity index is 1480. The summed E-state index contributed by atoms with van der Waals surface area (Å²) >= 11 is 0. The molecule has 0 aliphatic carbocycles.